The number of aliphatic hydroxyl groups is 1. The van der Waals surface area contributed by atoms with Crippen molar-refractivity contribution < 1.29 is 19.0 Å². The number of benzene rings is 3. The number of rotatable bonds is 11. The number of aromatic nitrogens is 3. The maximum atomic E-state index is 11.4. The summed E-state index contributed by atoms with van der Waals surface area (Å²) in [7, 11) is -0.00981. The highest BCUT2D eigenvalue weighted by Gasteiger charge is 2.37. The van der Waals surface area contributed by atoms with Gasteiger partial charge in [-0.25, -0.2) is 0 Å². The third kappa shape index (κ3) is 7.10. The van der Waals surface area contributed by atoms with Crippen molar-refractivity contribution in [3.05, 3.63) is 83.3 Å². The molecule has 2 heterocycles. The van der Waals surface area contributed by atoms with Crippen LogP contribution in [-0.4, -0.2) is 40.4 Å². The molecule has 2 N–H and O–H groups in total. The Labute approximate surface area is 275 Å². The summed E-state index contributed by atoms with van der Waals surface area (Å²) in [5.41, 5.74) is 6.25. The van der Waals surface area contributed by atoms with E-state index in [2.05, 4.69) is 82.2 Å². The molecular weight excluding hydrogens is 591 g/mol. The Hall–Kier alpha value is -3.43. The van der Waals surface area contributed by atoms with Crippen molar-refractivity contribution in [3.8, 4) is 16.9 Å². The molecule has 0 spiro atoms. The van der Waals surface area contributed by atoms with Crippen molar-refractivity contribution in [3.63, 3.8) is 0 Å². The van der Waals surface area contributed by atoms with Crippen molar-refractivity contribution in [2.45, 2.75) is 97.9 Å². The number of aliphatic hydroxyl groups excluding tert-OH is 1. The number of aromatic amines is 1. The van der Waals surface area contributed by atoms with Gasteiger partial charge in [0.15, 0.2) is 14.6 Å². The molecule has 0 amide bonds. The van der Waals surface area contributed by atoms with E-state index in [4.69, 9.17) is 19.0 Å². The second-order valence-corrected chi connectivity index (χ2v) is 19.6. The fourth-order valence-electron chi connectivity index (χ4n) is 5.72. The largest absolute Gasteiger partial charge is 0.493 e. The molecule has 8 heteroatoms. The van der Waals surface area contributed by atoms with Crippen LogP contribution < -0.4 is 4.74 Å². The van der Waals surface area contributed by atoms with Crippen molar-refractivity contribution >= 4 is 30.0 Å². The highest BCUT2D eigenvalue weighted by Crippen LogP contribution is 2.40. The van der Waals surface area contributed by atoms with Gasteiger partial charge in [0.05, 0.1) is 35.7 Å². The maximum absolute atomic E-state index is 11.4. The monoisotopic (exact) mass is 641 g/mol. The standard InChI is InChI=1S/C38H51N3O4Si/c1-25-33(31(40-41(25)8)24-44-46(9,10)38(5,6)7)30-20-14-19-28-29(35(39-34(28)30)36(42)45-37(2,3)4)21-15-23-43-32-22-13-17-26-16-11-12-18-27(26)32/h11-14,16-20,22,36,39,42H,15,21,23-24H2,1-10H3. The van der Waals surface area contributed by atoms with Gasteiger partial charge in [-0.1, -0.05) is 75.4 Å². The van der Waals surface area contributed by atoms with Crippen LogP contribution in [0.15, 0.2) is 60.7 Å². The van der Waals surface area contributed by atoms with Gasteiger partial charge in [-0.3, -0.25) is 4.68 Å². The maximum Gasteiger partial charge on any atom is 0.197 e. The molecule has 5 aromatic rings. The number of para-hydroxylation sites is 1. The van der Waals surface area contributed by atoms with E-state index in [1.54, 1.807) is 0 Å². The van der Waals surface area contributed by atoms with Gasteiger partial charge >= 0.3 is 0 Å². The second kappa shape index (κ2) is 13.0. The zero-order valence-corrected chi connectivity index (χ0v) is 30.2. The number of nitrogens with one attached hydrogen (secondary N) is 1. The van der Waals surface area contributed by atoms with Gasteiger partial charge < -0.3 is 24.0 Å². The zero-order valence-electron chi connectivity index (χ0n) is 29.2. The molecule has 2 aromatic heterocycles. The van der Waals surface area contributed by atoms with Crippen LogP contribution >= 0.6 is 0 Å². The fourth-order valence-corrected chi connectivity index (χ4v) is 6.65. The molecule has 0 bridgehead atoms. The smallest absolute Gasteiger partial charge is 0.197 e. The number of aryl methyl sites for hydroxylation is 2. The average Bonchev–Trinajstić information content (AvgIpc) is 3.49. The fraction of sp³-hybridized carbons (Fsp3) is 0.447. The summed E-state index contributed by atoms with van der Waals surface area (Å²) < 4.78 is 21.0. The number of ether oxygens (including phenoxy) is 2. The molecule has 0 radical (unpaired) electrons. The van der Waals surface area contributed by atoms with Gasteiger partial charge in [-0.2, -0.15) is 5.10 Å². The van der Waals surface area contributed by atoms with Gasteiger partial charge in [0.1, 0.15) is 5.75 Å². The lowest BCUT2D eigenvalue weighted by Gasteiger charge is -2.36. The van der Waals surface area contributed by atoms with Crippen molar-refractivity contribution in [2.24, 2.45) is 7.05 Å². The highest BCUT2D eigenvalue weighted by atomic mass is 28.4. The van der Waals surface area contributed by atoms with Crippen LogP contribution in [0.1, 0.15) is 76.9 Å². The molecule has 0 aliphatic heterocycles. The first kappa shape index (κ1) is 33.9. The first-order chi connectivity index (χ1) is 21.6. The number of fused-ring (bicyclic) bond motifs is 2. The summed E-state index contributed by atoms with van der Waals surface area (Å²) in [6.45, 7) is 20.3. The molecule has 7 nitrogen and oxygen atoms in total. The SMILES string of the molecule is Cc1c(-c2cccc3c(CCCOc4cccc5ccccc45)c(C(O)OC(C)(C)C)[nH]c23)c(CO[Si](C)(C)C(C)(C)C)nn1C. The number of H-pyrrole nitrogens is 1. The minimum absolute atomic E-state index is 0.0980. The minimum Gasteiger partial charge on any atom is -0.493 e. The molecule has 3 aromatic carbocycles. The molecule has 1 unspecified atom stereocenters. The number of hydrogen-bond donors (Lipinski definition) is 2. The Morgan fingerprint density at radius 3 is 2.33 bits per heavy atom. The summed E-state index contributed by atoms with van der Waals surface area (Å²) in [5, 5.41) is 19.7. The molecular formula is C38H51N3O4Si. The van der Waals surface area contributed by atoms with Gasteiger partial charge in [0, 0.05) is 34.6 Å². The van der Waals surface area contributed by atoms with Crippen molar-refractivity contribution in [1.82, 2.24) is 14.8 Å². The predicted octanol–water partition coefficient (Wildman–Crippen LogP) is 9.37. The number of hydrogen-bond acceptors (Lipinski definition) is 5. The van der Waals surface area contributed by atoms with E-state index >= 15 is 0 Å². The summed E-state index contributed by atoms with van der Waals surface area (Å²) in [5.74, 6) is 0.884. The molecule has 46 heavy (non-hydrogen) atoms. The third-order valence-electron chi connectivity index (χ3n) is 9.32. The van der Waals surface area contributed by atoms with E-state index in [0.717, 1.165) is 61.9 Å². The van der Waals surface area contributed by atoms with Crippen LogP contribution in [-0.2, 0) is 29.2 Å². The van der Waals surface area contributed by atoms with E-state index in [1.807, 2.05) is 56.8 Å². The Morgan fingerprint density at radius 1 is 0.935 bits per heavy atom. The molecule has 1 atom stereocenters. The lowest BCUT2D eigenvalue weighted by Crippen LogP contribution is -2.40. The van der Waals surface area contributed by atoms with Gasteiger partial charge in [-0.15, -0.1) is 0 Å². The molecule has 246 valence electrons. The Balaban J connectivity index is 1.50. The van der Waals surface area contributed by atoms with Crippen LogP contribution in [0, 0.1) is 6.92 Å². The Kier molecular flexibility index (Phi) is 9.58. The molecule has 5 rings (SSSR count). The van der Waals surface area contributed by atoms with Crippen LogP contribution in [0.25, 0.3) is 32.8 Å². The summed E-state index contributed by atoms with van der Waals surface area (Å²) >= 11 is 0. The first-order valence-electron chi connectivity index (χ1n) is 16.3. The average molecular weight is 642 g/mol. The molecule has 0 aliphatic carbocycles. The van der Waals surface area contributed by atoms with E-state index in [0.29, 0.717) is 25.3 Å². The summed E-state index contributed by atoms with van der Waals surface area (Å²) in [4.78, 5) is 3.61. The first-order valence-corrected chi connectivity index (χ1v) is 19.2. The van der Waals surface area contributed by atoms with Crippen LogP contribution in [0.4, 0.5) is 0 Å². The summed E-state index contributed by atoms with van der Waals surface area (Å²) in [6, 6.07) is 20.8. The van der Waals surface area contributed by atoms with Crippen molar-refractivity contribution in [1.29, 1.82) is 0 Å². The van der Waals surface area contributed by atoms with Crippen LogP contribution in [0.2, 0.25) is 18.1 Å². The quantitative estimate of drug-likeness (QED) is 0.0853. The van der Waals surface area contributed by atoms with E-state index < -0.39 is 20.2 Å². The molecule has 0 saturated heterocycles. The van der Waals surface area contributed by atoms with Crippen molar-refractivity contribution in [2.75, 3.05) is 6.61 Å². The Bertz CT molecular complexity index is 1820. The second-order valence-electron chi connectivity index (χ2n) is 14.8. The van der Waals surface area contributed by atoms with Gasteiger partial charge in [-0.05, 0) is 75.7 Å². The van der Waals surface area contributed by atoms with Crippen LogP contribution in [0.5, 0.6) is 5.75 Å². The number of nitrogens with zero attached hydrogens (tertiary/aromatic N) is 2. The third-order valence-corrected chi connectivity index (χ3v) is 13.8. The lowest BCUT2D eigenvalue weighted by atomic mass is 9.98. The lowest BCUT2D eigenvalue weighted by molar-refractivity contribution is -0.171. The highest BCUT2D eigenvalue weighted by molar-refractivity contribution is 6.74. The zero-order chi connectivity index (χ0) is 33.4. The molecule has 0 fully saturated rings. The van der Waals surface area contributed by atoms with E-state index in [1.165, 1.54) is 0 Å². The van der Waals surface area contributed by atoms with Gasteiger partial charge in [0.2, 0.25) is 0 Å². The Morgan fingerprint density at radius 2 is 1.61 bits per heavy atom. The topological polar surface area (TPSA) is 81.5 Å². The minimum atomic E-state index is -1.99. The molecule has 0 aliphatic rings. The molecule has 0 saturated carbocycles. The normalized spacial score (nSPS) is 13.5. The predicted molar refractivity (Wildman–Crippen MR) is 191 cm³/mol. The summed E-state index contributed by atoms with van der Waals surface area (Å²) in [6.07, 6.45) is 0.375. The van der Waals surface area contributed by atoms with E-state index in [9.17, 15) is 5.11 Å². The van der Waals surface area contributed by atoms with Crippen LogP contribution in [0.3, 0.4) is 0 Å². The van der Waals surface area contributed by atoms with Gasteiger partial charge in [0.25, 0.3) is 0 Å². The van der Waals surface area contributed by atoms with E-state index in [-0.39, 0.29) is 5.04 Å².